The minimum atomic E-state index is -0.498. The molecule has 2 heterocycles. The molecule has 0 atom stereocenters. The van der Waals surface area contributed by atoms with Gasteiger partial charge in [-0.3, -0.25) is 4.79 Å². The van der Waals surface area contributed by atoms with Gasteiger partial charge in [-0.25, -0.2) is 4.39 Å². The van der Waals surface area contributed by atoms with Crippen molar-refractivity contribution in [2.24, 2.45) is 0 Å². The minimum Gasteiger partial charge on any atom is -0.399 e. The molecule has 5 nitrogen and oxygen atoms in total. The van der Waals surface area contributed by atoms with Crippen LogP contribution in [0.25, 0.3) is 0 Å². The molecule has 3 aromatic carbocycles. The predicted octanol–water partition coefficient (Wildman–Crippen LogP) is 5.03. The molecule has 0 spiro atoms. The van der Waals surface area contributed by atoms with Gasteiger partial charge in [0, 0.05) is 0 Å². The van der Waals surface area contributed by atoms with Crippen LogP contribution in [0.1, 0.15) is 43.6 Å². The molecular weight excluding hydrogens is 418 g/mol. The summed E-state index contributed by atoms with van der Waals surface area (Å²) in [7, 11) is -0.498. The number of fused-ring (bicyclic) bond motifs is 2. The molecule has 1 N–H and O–H groups in total. The van der Waals surface area contributed by atoms with Crippen molar-refractivity contribution in [2.45, 2.75) is 45.4 Å². The average molecular weight is 444 g/mol. The summed E-state index contributed by atoms with van der Waals surface area (Å²) in [6.07, 6.45) is 0. The maximum Gasteiger partial charge on any atom is 0.494 e. The summed E-state index contributed by atoms with van der Waals surface area (Å²) in [4.78, 5) is 15.2. The molecule has 0 unspecified atom stereocenters. The maximum atomic E-state index is 14.2. The molecule has 7 heteroatoms. The first-order valence-electron chi connectivity index (χ1n) is 11.1. The third-order valence-corrected chi connectivity index (χ3v) is 6.74. The molecule has 3 aromatic rings. The first kappa shape index (κ1) is 21.7. The van der Waals surface area contributed by atoms with Crippen LogP contribution in [0.2, 0.25) is 0 Å². The SMILES string of the molecule is CC1(C)OB(c2cccc(CN3C(=O)c4ccccc4Nc4ccc(F)cc43)c2)OC1(C)C. The molecule has 0 aliphatic carbocycles. The molecule has 168 valence electrons. The third-order valence-electron chi connectivity index (χ3n) is 6.74. The fraction of sp³-hybridized carbons (Fsp3) is 0.269. The van der Waals surface area contributed by atoms with Crippen LogP contribution < -0.4 is 15.7 Å². The van der Waals surface area contributed by atoms with Crippen molar-refractivity contribution in [1.82, 2.24) is 0 Å². The van der Waals surface area contributed by atoms with Gasteiger partial charge in [0.2, 0.25) is 0 Å². The van der Waals surface area contributed by atoms with Crippen LogP contribution in [0.5, 0.6) is 0 Å². The van der Waals surface area contributed by atoms with Gasteiger partial charge < -0.3 is 19.5 Å². The van der Waals surface area contributed by atoms with Crippen molar-refractivity contribution in [3.63, 3.8) is 0 Å². The van der Waals surface area contributed by atoms with Crippen molar-refractivity contribution >= 4 is 35.6 Å². The summed E-state index contributed by atoms with van der Waals surface area (Å²) >= 11 is 0. The Morgan fingerprint density at radius 1 is 0.909 bits per heavy atom. The van der Waals surface area contributed by atoms with Gasteiger partial charge in [-0.2, -0.15) is 0 Å². The molecule has 1 amide bonds. The third kappa shape index (κ3) is 3.81. The van der Waals surface area contributed by atoms with E-state index < -0.39 is 24.1 Å². The fourth-order valence-electron chi connectivity index (χ4n) is 4.17. The van der Waals surface area contributed by atoms with Gasteiger partial charge in [0.15, 0.2) is 0 Å². The Bertz CT molecular complexity index is 1230. The lowest BCUT2D eigenvalue weighted by molar-refractivity contribution is 0.00578. The smallest absolute Gasteiger partial charge is 0.399 e. The van der Waals surface area contributed by atoms with Crippen LogP contribution in [0.4, 0.5) is 21.5 Å². The number of nitrogens with zero attached hydrogens (tertiary/aromatic N) is 1. The summed E-state index contributed by atoms with van der Waals surface area (Å²) in [5.74, 6) is -0.589. The topological polar surface area (TPSA) is 50.8 Å². The second-order valence-electron chi connectivity index (χ2n) is 9.56. The van der Waals surface area contributed by atoms with Gasteiger partial charge in [-0.1, -0.05) is 36.4 Å². The van der Waals surface area contributed by atoms with Gasteiger partial charge in [-0.05, 0) is 69.1 Å². The van der Waals surface area contributed by atoms with Gasteiger partial charge >= 0.3 is 7.12 Å². The molecule has 0 saturated carbocycles. The number of para-hydroxylation sites is 1. The number of hydrogen-bond donors (Lipinski definition) is 1. The van der Waals surface area contributed by atoms with Gasteiger partial charge in [0.1, 0.15) is 5.82 Å². The van der Waals surface area contributed by atoms with Crippen LogP contribution >= 0.6 is 0 Å². The number of halogens is 1. The van der Waals surface area contributed by atoms with Crippen LogP contribution in [0, 0.1) is 5.82 Å². The second kappa shape index (κ2) is 7.71. The van der Waals surface area contributed by atoms with Gasteiger partial charge in [0.25, 0.3) is 5.91 Å². The molecule has 33 heavy (non-hydrogen) atoms. The van der Waals surface area contributed by atoms with Crippen molar-refractivity contribution in [1.29, 1.82) is 0 Å². The average Bonchev–Trinajstić information content (AvgIpc) is 2.93. The Morgan fingerprint density at radius 3 is 2.39 bits per heavy atom. The monoisotopic (exact) mass is 444 g/mol. The number of benzene rings is 3. The highest BCUT2D eigenvalue weighted by Crippen LogP contribution is 2.38. The summed E-state index contributed by atoms with van der Waals surface area (Å²) in [6.45, 7) is 8.34. The highest BCUT2D eigenvalue weighted by molar-refractivity contribution is 6.62. The van der Waals surface area contributed by atoms with Crippen molar-refractivity contribution in [2.75, 3.05) is 10.2 Å². The van der Waals surface area contributed by atoms with E-state index in [0.29, 0.717) is 22.6 Å². The molecule has 2 aliphatic heterocycles. The van der Waals surface area contributed by atoms with E-state index in [1.165, 1.54) is 12.1 Å². The molecule has 0 bridgehead atoms. The Labute approximate surface area is 193 Å². The second-order valence-corrected chi connectivity index (χ2v) is 9.56. The zero-order valence-corrected chi connectivity index (χ0v) is 19.2. The number of rotatable bonds is 3. The molecule has 0 radical (unpaired) electrons. The number of amides is 1. The normalized spacial score (nSPS) is 18.4. The summed E-state index contributed by atoms with van der Waals surface area (Å²) in [5.41, 5.74) is 3.30. The van der Waals surface area contributed by atoms with Gasteiger partial charge in [0.05, 0.1) is 40.4 Å². The lowest BCUT2D eigenvalue weighted by Gasteiger charge is -2.32. The number of carbonyl (C=O) groups is 1. The molecule has 2 aliphatic rings. The molecule has 0 aromatic heterocycles. The van der Waals surface area contributed by atoms with E-state index in [2.05, 4.69) is 5.32 Å². The van der Waals surface area contributed by atoms with Crippen molar-refractivity contribution in [3.05, 3.63) is 83.7 Å². The van der Waals surface area contributed by atoms with E-state index in [1.807, 2.05) is 70.2 Å². The van der Waals surface area contributed by atoms with Crippen LogP contribution in [0.3, 0.4) is 0 Å². The van der Waals surface area contributed by atoms with E-state index in [-0.39, 0.29) is 12.5 Å². The van der Waals surface area contributed by atoms with E-state index >= 15 is 0 Å². The number of hydrogen-bond acceptors (Lipinski definition) is 4. The first-order chi connectivity index (χ1) is 15.6. The largest absolute Gasteiger partial charge is 0.494 e. The van der Waals surface area contributed by atoms with Crippen LogP contribution in [0.15, 0.2) is 66.7 Å². The van der Waals surface area contributed by atoms with Crippen LogP contribution in [-0.2, 0) is 15.9 Å². The van der Waals surface area contributed by atoms with Crippen molar-refractivity contribution < 1.29 is 18.5 Å². The number of nitrogens with one attached hydrogen (secondary N) is 1. The molecule has 1 saturated heterocycles. The molecule has 5 rings (SSSR count). The van der Waals surface area contributed by atoms with E-state index in [0.717, 1.165) is 11.0 Å². The van der Waals surface area contributed by atoms with Crippen LogP contribution in [-0.4, -0.2) is 24.2 Å². The lowest BCUT2D eigenvalue weighted by atomic mass is 9.78. The molecular formula is C26H26BFN2O3. The standard InChI is InChI=1S/C26H26BFN2O3/c1-25(2)26(3,4)33-27(32-25)18-9-7-8-17(14-18)16-30-23-15-19(28)12-13-22(23)29-21-11-6-5-10-20(21)24(30)31/h5-15,29H,16H2,1-4H3. The zero-order chi connectivity index (χ0) is 23.4. The van der Waals surface area contributed by atoms with Crippen molar-refractivity contribution in [3.8, 4) is 0 Å². The van der Waals surface area contributed by atoms with E-state index in [1.54, 1.807) is 17.0 Å². The maximum absolute atomic E-state index is 14.2. The highest BCUT2D eigenvalue weighted by Gasteiger charge is 2.51. The Morgan fingerprint density at radius 2 is 1.64 bits per heavy atom. The van der Waals surface area contributed by atoms with Gasteiger partial charge in [-0.15, -0.1) is 0 Å². The quantitative estimate of drug-likeness (QED) is 0.576. The first-order valence-corrected chi connectivity index (χ1v) is 11.1. The molecule has 1 fully saturated rings. The van der Waals surface area contributed by atoms with E-state index in [4.69, 9.17) is 9.31 Å². The lowest BCUT2D eigenvalue weighted by Crippen LogP contribution is -2.41. The predicted molar refractivity (Wildman–Crippen MR) is 129 cm³/mol. The minimum absolute atomic E-state index is 0.191. The fourth-order valence-corrected chi connectivity index (χ4v) is 4.17. The summed E-state index contributed by atoms with van der Waals surface area (Å²) < 4.78 is 26.6. The zero-order valence-electron chi connectivity index (χ0n) is 19.2. The Balaban J connectivity index is 1.51. The van der Waals surface area contributed by atoms with E-state index in [9.17, 15) is 9.18 Å². The summed E-state index contributed by atoms with van der Waals surface area (Å²) in [5, 5.41) is 3.28. The Kier molecular flexibility index (Phi) is 5.07. The highest BCUT2D eigenvalue weighted by atomic mass is 19.1. The number of carbonyl (C=O) groups excluding carboxylic acids is 1. The Hall–Kier alpha value is -3.16. The number of anilines is 3. The summed E-state index contributed by atoms with van der Waals surface area (Å²) in [6, 6.07) is 19.6.